The Morgan fingerprint density at radius 3 is 2.50 bits per heavy atom. The van der Waals surface area contributed by atoms with E-state index in [-0.39, 0.29) is 22.2 Å². The summed E-state index contributed by atoms with van der Waals surface area (Å²) in [6.45, 7) is 1.57. The van der Waals surface area contributed by atoms with E-state index >= 15 is 0 Å². The zero-order valence-electron chi connectivity index (χ0n) is 14.4. The number of nitro groups is 1. The van der Waals surface area contributed by atoms with E-state index in [0.717, 1.165) is 18.3 Å². The summed E-state index contributed by atoms with van der Waals surface area (Å²) in [6.07, 6.45) is 0.997. The van der Waals surface area contributed by atoms with Crippen LogP contribution in [0.15, 0.2) is 47.0 Å². The van der Waals surface area contributed by atoms with E-state index in [0.29, 0.717) is 5.69 Å². The van der Waals surface area contributed by atoms with Crippen LogP contribution in [0.4, 0.5) is 15.8 Å². The summed E-state index contributed by atoms with van der Waals surface area (Å²) >= 11 is 11.8. The van der Waals surface area contributed by atoms with Crippen molar-refractivity contribution in [1.82, 2.24) is 0 Å². The Morgan fingerprint density at radius 2 is 1.93 bits per heavy atom. The van der Waals surface area contributed by atoms with Crippen LogP contribution in [0.1, 0.15) is 12.5 Å². The van der Waals surface area contributed by atoms with E-state index in [1.807, 2.05) is 0 Å². The van der Waals surface area contributed by atoms with E-state index < -0.39 is 33.7 Å². The summed E-state index contributed by atoms with van der Waals surface area (Å²) in [5.41, 5.74) is -0.813. The minimum absolute atomic E-state index is 0.00843. The molecule has 0 aromatic heterocycles. The normalized spacial score (nSPS) is 12.0. The van der Waals surface area contributed by atoms with Gasteiger partial charge >= 0.3 is 5.97 Å². The Labute approximate surface area is 168 Å². The highest BCUT2D eigenvalue weighted by Crippen LogP contribution is 2.34. The second-order valence-electron chi connectivity index (χ2n) is 5.26. The Morgan fingerprint density at radius 1 is 1.29 bits per heavy atom. The summed E-state index contributed by atoms with van der Waals surface area (Å²) in [5, 5.41) is 21.3. The molecule has 0 radical (unpaired) electrons. The highest BCUT2D eigenvalue weighted by Gasteiger charge is 2.23. The second-order valence-corrected chi connectivity index (χ2v) is 6.07. The molecule has 0 fully saturated rings. The monoisotopic (exact) mass is 426 g/mol. The van der Waals surface area contributed by atoms with Crippen molar-refractivity contribution in [3.63, 3.8) is 0 Å². The molecule has 2 rings (SSSR count). The van der Waals surface area contributed by atoms with E-state index in [4.69, 9.17) is 27.9 Å². The quantitative estimate of drug-likeness (QED) is 0.169. The highest BCUT2D eigenvalue weighted by atomic mass is 35.5. The topological polar surface area (TPSA) is 102 Å². The number of aliphatic hydroxyl groups is 1. The number of aliphatic imine (C=N–C) groups is 1. The van der Waals surface area contributed by atoms with Crippen molar-refractivity contribution in [2.75, 3.05) is 6.61 Å². The summed E-state index contributed by atoms with van der Waals surface area (Å²) in [4.78, 5) is 26.6. The lowest BCUT2D eigenvalue weighted by atomic mass is 10.1. The molecule has 7 nitrogen and oxygen atoms in total. The van der Waals surface area contributed by atoms with Crippen LogP contribution in [0.25, 0.3) is 5.76 Å². The van der Waals surface area contributed by atoms with Crippen molar-refractivity contribution in [3.8, 4) is 0 Å². The second kappa shape index (κ2) is 9.29. The molecule has 0 saturated heterocycles. The van der Waals surface area contributed by atoms with E-state index in [1.165, 1.54) is 24.3 Å². The average Bonchev–Trinajstić information content (AvgIpc) is 2.63. The van der Waals surface area contributed by atoms with Gasteiger partial charge in [-0.1, -0.05) is 23.2 Å². The zero-order valence-corrected chi connectivity index (χ0v) is 15.9. The largest absolute Gasteiger partial charge is 0.506 e. The number of nitrogens with zero attached hydrogens (tertiary/aromatic N) is 2. The Kier molecular flexibility index (Phi) is 7.08. The van der Waals surface area contributed by atoms with Gasteiger partial charge in [-0.15, -0.1) is 0 Å². The van der Waals surface area contributed by atoms with Gasteiger partial charge in [-0.2, -0.15) is 0 Å². The molecule has 0 unspecified atom stereocenters. The van der Waals surface area contributed by atoms with Crippen LogP contribution >= 0.6 is 23.2 Å². The summed E-state index contributed by atoms with van der Waals surface area (Å²) < 4.78 is 17.9. The molecule has 1 N–H and O–H groups in total. The number of ether oxygens (including phenoxy) is 1. The van der Waals surface area contributed by atoms with Crippen LogP contribution in [0, 0.1) is 15.9 Å². The first-order valence-corrected chi connectivity index (χ1v) is 8.54. The van der Waals surface area contributed by atoms with Crippen molar-refractivity contribution in [3.05, 3.63) is 73.5 Å². The fourth-order valence-electron chi connectivity index (χ4n) is 2.09. The fourth-order valence-corrected chi connectivity index (χ4v) is 2.63. The van der Waals surface area contributed by atoms with Crippen molar-refractivity contribution in [2.45, 2.75) is 6.92 Å². The maximum absolute atomic E-state index is 13.0. The number of halogens is 3. The van der Waals surface area contributed by atoms with Crippen molar-refractivity contribution >= 4 is 52.5 Å². The molecule has 0 saturated carbocycles. The molecule has 2 aromatic rings. The fraction of sp³-hybridized carbons (Fsp3) is 0.111. The van der Waals surface area contributed by atoms with Crippen LogP contribution in [0.5, 0.6) is 0 Å². The molecule has 0 bridgehead atoms. The molecule has 0 atom stereocenters. The number of carbonyl (C=O) groups is 1. The van der Waals surface area contributed by atoms with Gasteiger partial charge < -0.3 is 9.84 Å². The number of rotatable bonds is 6. The number of nitro benzene ring substituents is 1. The SMILES string of the molecule is CCOC(=O)/C(C=Nc1ccc(F)cc1)=C(/O)c1cc([N+](=O)[O-])c(Cl)cc1Cl. The molecule has 0 aliphatic rings. The van der Waals surface area contributed by atoms with Gasteiger partial charge in [0.15, 0.2) is 0 Å². The van der Waals surface area contributed by atoms with Crippen LogP contribution in [0.3, 0.4) is 0 Å². The van der Waals surface area contributed by atoms with Gasteiger partial charge in [0.25, 0.3) is 5.69 Å². The van der Waals surface area contributed by atoms with Gasteiger partial charge in [0.2, 0.25) is 0 Å². The van der Waals surface area contributed by atoms with E-state index in [9.17, 15) is 24.4 Å². The van der Waals surface area contributed by atoms with Gasteiger partial charge in [0.05, 0.1) is 22.2 Å². The lowest BCUT2D eigenvalue weighted by Crippen LogP contribution is -2.11. The van der Waals surface area contributed by atoms with Gasteiger partial charge in [-0.3, -0.25) is 15.1 Å². The first kappa shape index (κ1) is 21.3. The van der Waals surface area contributed by atoms with Gasteiger partial charge in [-0.05, 0) is 37.3 Å². The first-order chi connectivity index (χ1) is 13.2. The third-order valence-electron chi connectivity index (χ3n) is 3.41. The summed E-state index contributed by atoms with van der Waals surface area (Å²) in [5.74, 6) is -2.09. The average molecular weight is 427 g/mol. The Bertz CT molecular complexity index is 975. The standard InChI is InChI=1S/C18H13Cl2FN2O5/c1-2-28-18(25)13(9-22-11-5-3-10(21)4-6-11)17(24)12-7-16(23(26)27)15(20)8-14(12)19/h3-9,24H,2H2,1H3/b17-13+,22-9?. The summed E-state index contributed by atoms with van der Waals surface area (Å²) in [6, 6.07) is 7.05. The number of benzene rings is 2. The smallest absolute Gasteiger partial charge is 0.343 e. The number of hydrogen-bond donors (Lipinski definition) is 1. The van der Waals surface area contributed by atoms with E-state index in [1.54, 1.807) is 6.92 Å². The highest BCUT2D eigenvalue weighted by molar-refractivity contribution is 6.37. The van der Waals surface area contributed by atoms with Crippen molar-refractivity contribution in [1.29, 1.82) is 0 Å². The lowest BCUT2D eigenvalue weighted by Gasteiger charge is -2.09. The van der Waals surface area contributed by atoms with Crippen LogP contribution in [-0.2, 0) is 9.53 Å². The molecule has 0 heterocycles. The molecule has 0 aliphatic carbocycles. The molecule has 146 valence electrons. The molecular weight excluding hydrogens is 414 g/mol. The Hall–Kier alpha value is -2.97. The molecule has 0 amide bonds. The van der Waals surface area contributed by atoms with E-state index in [2.05, 4.69) is 4.99 Å². The van der Waals surface area contributed by atoms with Crippen LogP contribution in [-0.4, -0.2) is 28.8 Å². The Balaban J connectivity index is 2.59. The van der Waals surface area contributed by atoms with Gasteiger partial charge in [-0.25, -0.2) is 9.18 Å². The number of aliphatic hydroxyl groups excluding tert-OH is 1. The number of carbonyl (C=O) groups excluding carboxylic acids is 1. The maximum Gasteiger partial charge on any atom is 0.343 e. The van der Waals surface area contributed by atoms with Gasteiger partial charge in [0, 0.05) is 17.8 Å². The lowest BCUT2D eigenvalue weighted by molar-refractivity contribution is -0.384. The molecule has 2 aromatic carbocycles. The molecule has 0 aliphatic heterocycles. The summed E-state index contributed by atoms with van der Waals surface area (Å²) in [7, 11) is 0. The molecular formula is C18H13Cl2FN2O5. The third-order valence-corrected chi connectivity index (χ3v) is 4.02. The first-order valence-electron chi connectivity index (χ1n) is 7.78. The molecule has 0 spiro atoms. The molecule has 28 heavy (non-hydrogen) atoms. The number of hydrogen-bond acceptors (Lipinski definition) is 6. The van der Waals surface area contributed by atoms with Crippen LogP contribution < -0.4 is 0 Å². The minimum Gasteiger partial charge on any atom is -0.506 e. The minimum atomic E-state index is -0.931. The van der Waals surface area contributed by atoms with Crippen molar-refractivity contribution in [2.24, 2.45) is 4.99 Å². The zero-order chi connectivity index (χ0) is 20.8. The maximum atomic E-state index is 13.0. The van der Waals surface area contributed by atoms with Crippen LogP contribution in [0.2, 0.25) is 10.0 Å². The molecule has 10 heteroatoms. The number of esters is 1. The third kappa shape index (κ3) is 5.05. The predicted molar refractivity (Wildman–Crippen MR) is 104 cm³/mol. The van der Waals surface area contributed by atoms with Gasteiger partial charge in [0.1, 0.15) is 22.2 Å². The van der Waals surface area contributed by atoms with Crippen molar-refractivity contribution < 1.29 is 24.0 Å². The predicted octanol–water partition coefficient (Wildman–Crippen LogP) is 5.28.